The second-order valence-corrected chi connectivity index (χ2v) is 10.3. The van der Waals surface area contributed by atoms with Crippen molar-refractivity contribution < 1.29 is 13.6 Å². The van der Waals surface area contributed by atoms with Crippen LogP contribution in [0.5, 0.6) is 0 Å². The average molecular weight is 532 g/mol. The lowest BCUT2D eigenvalue weighted by Crippen LogP contribution is -2.34. The molecule has 4 nitrogen and oxygen atoms in total. The number of hydrogen-bond acceptors (Lipinski definition) is 2. The van der Waals surface area contributed by atoms with Gasteiger partial charge >= 0.3 is 0 Å². The third-order valence-corrected chi connectivity index (χ3v) is 7.54. The molecule has 1 amide bonds. The predicted octanol–water partition coefficient (Wildman–Crippen LogP) is 7.12. The van der Waals surface area contributed by atoms with Crippen molar-refractivity contribution in [1.82, 2.24) is 14.8 Å². The van der Waals surface area contributed by atoms with Crippen molar-refractivity contribution in [3.63, 3.8) is 0 Å². The molecular weight excluding hydrogens is 492 g/mol. The largest absolute Gasteiger partial charge is 0.354 e. The second-order valence-electron chi connectivity index (χ2n) is 10.3. The summed E-state index contributed by atoms with van der Waals surface area (Å²) in [6.45, 7) is 9.96. The van der Waals surface area contributed by atoms with Gasteiger partial charge in [0.1, 0.15) is 11.6 Å². The molecule has 0 saturated heterocycles. The maximum Gasteiger partial charge on any atom is 0.221 e. The van der Waals surface area contributed by atoms with Gasteiger partial charge in [-0.1, -0.05) is 62.4 Å². The van der Waals surface area contributed by atoms with Gasteiger partial charge in [0, 0.05) is 42.0 Å². The first-order valence-corrected chi connectivity index (χ1v) is 14.0. The third-order valence-electron chi connectivity index (χ3n) is 7.54. The molecule has 0 radical (unpaired) electrons. The van der Waals surface area contributed by atoms with Crippen molar-refractivity contribution in [3.8, 4) is 0 Å². The van der Waals surface area contributed by atoms with Crippen molar-refractivity contribution in [2.24, 2.45) is 0 Å². The lowest BCUT2D eigenvalue weighted by Gasteiger charge is -2.21. The Morgan fingerprint density at radius 3 is 2.33 bits per heavy atom. The molecular formula is C33H39F2N3O. The highest BCUT2D eigenvalue weighted by molar-refractivity contribution is 5.87. The maximum atomic E-state index is 15.2. The SMILES string of the molecule is CCN(CC)CCC[C@@H](C)NC(=O)C[C@@H](c1ccccc1F)c1cn(Cc2ccc(F)cc2)c2ccccc12. The Kier molecular flexibility index (Phi) is 9.88. The van der Waals surface area contributed by atoms with E-state index in [1.807, 2.05) is 43.5 Å². The molecule has 0 saturated carbocycles. The van der Waals surface area contributed by atoms with Crippen molar-refractivity contribution >= 4 is 16.8 Å². The van der Waals surface area contributed by atoms with E-state index in [4.69, 9.17) is 0 Å². The monoisotopic (exact) mass is 531 g/mol. The average Bonchev–Trinajstić information content (AvgIpc) is 3.29. The Hall–Kier alpha value is -3.51. The number of aromatic nitrogens is 1. The lowest BCUT2D eigenvalue weighted by molar-refractivity contribution is -0.121. The van der Waals surface area contributed by atoms with Crippen molar-refractivity contribution in [2.75, 3.05) is 19.6 Å². The molecule has 0 aliphatic rings. The minimum absolute atomic E-state index is 0.0363. The molecule has 0 aliphatic carbocycles. The van der Waals surface area contributed by atoms with Gasteiger partial charge in [0.15, 0.2) is 0 Å². The summed E-state index contributed by atoms with van der Waals surface area (Å²) in [4.78, 5) is 15.7. The molecule has 1 N–H and O–H groups in total. The molecule has 0 unspecified atom stereocenters. The van der Waals surface area contributed by atoms with E-state index in [-0.39, 0.29) is 30.0 Å². The summed E-state index contributed by atoms with van der Waals surface area (Å²) in [5.74, 6) is -1.13. The number of nitrogens with zero attached hydrogens (tertiary/aromatic N) is 2. The zero-order valence-electron chi connectivity index (χ0n) is 23.2. The van der Waals surface area contributed by atoms with Crippen molar-refractivity contribution in [1.29, 1.82) is 0 Å². The molecule has 2 atom stereocenters. The Labute approximate surface area is 230 Å². The van der Waals surface area contributed by atoms with Gasteiger partial charge in [0.05, 0.1) is 0 Å². The number of amides is 1. The van der Waals surface area contributed by atoms with Crippen LogP contribution in [0, 0.1) is 11.6 Å². The lowest BCUT2D eigenvalue weighted by atomic mass is 9.87. The molecule has 39 heavy (non-hydrogen) atoms. The van der Waals surface area contributed by atoms with Crippen molar-refractivity contribution in [3.05, 3.63) is 107 Å². The quantitative estimate of drug-likeness (QED) is 0.200. The first kappa shape index (κ1) is 28.5. The van der Waals surface area contributed by atoms with E-state index in [1.54, 1.807) is 24.3 Å². The van der Waals surface area contributed by atoms with E-state index >= 15 is 4.39 Å². The fourth-order valence-corrected chi connectivity index (χ4v) is 5.37. The molecule has 1 heterocycles. The molecule has 4 aromatic rings. The molecule has 6 heteroatoms. The number of rotatable bonds is 13. The number of halogens is 2. The van der Waals surface area contributed by atoms with Crippen LogP contribution in [-0.4, -0.2) is 41.1 Å². The number of nitrogens with one attached hydrogen (secondary N) is 1. The van der Waals surface area contributed by atoms with Gasteiger partial charge in [0.2, 0.25) is 5.91 Å². The fraction of sp³-hybridized carbons (Fsp3) is 0.364. The van der Waals surface area contributed by atoms with Crippen LogP contribution < -0.4 is 5.32 Å². The van der Waals surface area contributed by atoms with Crippen LogP contribution in [0.2, 0.25) is 0 Å². The van der Waals surface area contributed by atoms with Gasteiger partial charge in [-0.25, -0.2) is 8.78 Å². The normalized spacial score (nSPS) is 13.1. The second kappa shape index (κ2) is 13.5. The van der Waals surface area contributed by atoms with Gasteiger partial charge in [-0.2, -0.15) is 0 Å². The van der Waals surface area contributed by atoms with Gasteiger partial charge < -0.3 is 14.8 Å². The van der Waals surface area contributed by atoms with Crippen LogP contribution in [0.25, 0.3) is 10.9 Å². The van der Waals surface area contributed by atoms with E-state index in [1.165, 1.54) is 18.2 Å². The summed E-state index contributed by atoms with van der Waals surface area (Å²) in [5, 5.41) is 4.14. The van der Waals surface area contributed by atoms with Crippen LogP contribution in [0.4, 0.5) is 8.78 Å². The maximum absolute atomic E-state index is 15.2. The van der Waals surface area contributed by atoms with Crippen LogP contribution in [0.1, 0.15) is 62.6 Å². The summed E-state index contributed by atoms with van der Waals surface area (Å²) in [7, 11) is 0. The Morgan fingerprint density at radius 1 is 0.923 bits per heavy atom. The van der Waals surface area contributed by atoms with E-state index < -0.39 is 5.92 Å². The standard InChI is InChI=1S/C33H39F2N3O/c1-4-37(5-2)20-10-11-24(3)36-33(39)21-29(27-12-6-8-14-31(27)35)30-23-38(32-15-9-7-13-28(30)32)22-25-16-18-26(34)19-17-25/h6-9,12-19,23-24,29H,4-5,10-11,20-22H2,1-3H3,(H,36,39)/t24-,29+/m1/s1. The number of benzene rings is 3. The zero-order valence-corrected chi connectivity index (χ0v) is 23.2. The number of fused-ring (bicyclic) bond motifs is 1. The van der Waals surface area contributed by atoms with E-state index in [0.717, 1.165) is 54.5 Å². The molecule has 0 bridgehead atoms. The molecule has 0 aliphatic heterocycles. The van der Waals surface area contributed by atoms with E-state index in [2.05, 4.69) is 28.6 Å². The highest BCUT2D eigenvalue weighted by Crippen LogP contribution is 2.36. The molecule has 1 aromatic heterocycles. The smallest absolute Gasteiger partial charge is 0.221 e. The molecule has 206 valence electrons. The first-order chi connectivity index (χ1) is 18.9. The summed E-state index contributed by atoms with van der Waals surface area (Å²) < 4.78 is 30.7. The summed E-state index contributed by atoms with van der Waals surface area (Å²) in [6.07, 6.45) is 4.07. The third kappa shape index (κ3) is 7.33. The molecule has 4 rings (SSSR count). The Balaban J connectivity index is 1.60. The van der Waals surface area contributed by atoms with Crippen LogP contribution in [0.3, 0.4) is 0 Å². The summed E-state index contributed by atoms with van der Waals surface area (Å²) >= 11 is 0. The summed E-state index contributed by atoms with van der Waals surface area (Å²) in [5.41, 5.74) is 3.36. The van der Waals surface area contributed by atoms with E-state index in [9.17, 15) is 9.18 Å². The minimum Gasteiger partial charge on any atom is -0.354 e. The predicted molar refractivity (Wildman–Crippen MR) is 155 cm³/mol. The van der Waals surface area contributed by atoms with Gasteiger partial charge in [-0.15, -0.1) is 0 Å². The molecule has 3 aromatic carbocycles. The number of para-hydroxylation sites is 1. The highest BCUT2D eigenvalue weighted by Gasteiger charge is 2.25. The first-order valence-electron chi connectivity index (χ1n) is 14.0. The topological polar surface area (TPSA) is 37.3 Å². The number of carbonyl (C=O) groups is 1. The van der Waals surface area contributed by atoms with Gasteiger partial charge in [-0.3, -0.25) is 4.79 Å². The van der Waals surface area contributed by atoms with Gasteiger partial charge in [0.25, 0.3) is 0 Å². The van der Waals surface area contributed by atoms with E-state index in [0.29, 0.717) is 12.1 Å². The Morgan fingerprint density at radius 2 is 1.62 bits per heavy atom. The van der Waals surface area contributed by atoms with Crippen molar-refractivity contribution in [2.45, 2.75) is 58.5 Å². The van der Waals surface area contributed by atoms with Crippen LogP contribution in [-0.2, 0) is 11.3 Å². The summed E-state index contributed by atoms with van der Waals surface area (Å²) in [6, 6.07) is 21.2. The fourth-order valence-electron chi connectivity index (χ4n) is 5.37. The van der Waals surface area contributed by atoms with Crippen LogP contribution in [0.15, 0.2) is 79.0 Å². The highest BCUT2D eigenvalue weighted by atomic mass is 19.1. The number of carbonyl (C=O) groups excluding carboxylic acids is 1. The minimum atomic E-state index is -0.451. The van der Waals surface area contributed by atoms with Crippen LogP contribution >= 0.6 is 0 Å². The van der Waals surface area contributed by atoms with Gasteiger partial charge in [-0.05, 0) is 80.4 Å². The molecule has 0 spiro atoms. The molecule has 0 fully saturated rings. The number of hydrogen-bond donors (Lipinski definition) is 1. The Bertz CT molecular complexity index is 1360. The zero-order chi connectivity index (χ0) is 27.8.